The summed E-state index contributed by atoms with van der Waals surface area (Å²) in [6, 6.07) is 38.9. The van der Waals surface area contributed by atoms with Crippen molar-refractivity contribution in [1.82, 2.24) is 0 Å². The first-order valence-corrected chi connectivity index (χ1v) is 9.46. The van der Waals surface area contributed by atoms with Crippen LogP contribution in [0.15, 0.2) is 109 Å². The van der Waals surface area contributed by atoms with Crippen molar-refractivity contribution in [3.8, 4) is 22.3 Å². The van der Waals surface area contributed by atoms with Crippen LogP contribution in [-0.4, -0.2) is 8.41 Å². The SMILES string of the molecule is [B].c1ccc(-c2ccc(Pc3ccc(-c4ccccc4)cc3)cc2)cc1. The minimum atomic E-state index is 0. The van der Waals surface area contributed by atoms with E-state index in [1.54, 1.807) is 0 Å². The summed E-state index contributed by atoms with van der Waals surface area (Å²) in [6.45, 7) is 0. The summed E-state index contributed by atoms with van der Waals surface area (Å²) < 4.78 is 0. The van der Waals surface area contributed by atoms with Crippen LogP contribution in [0.2, 0.25) is 0 Å². The molecular weight excluding hydrogens is 330 g/mol. The fourth-order valence-electron chi connectivity index (χ4n) is 2.92. The smallest absolute Gasteiger partial charge is 0 e. The van der Waals surface area contributed by atoms with Crippen LogP contribution in [0.1, 0.15) is 0 Å². The van der Waals surface area contributed by atoms with Gasteiger partial charge in [-0.15, -0.1) is 0 Å². The van der Waals surface area contributed by atoms with E-state index in [4.69, 9.17) is 0 Å². The van der Waals surface area contributed by atoms with Crippen LogP contribution in [0, 0.1) is 0 Å². The Morgan fingerprint density at radius 3 is 1.00 bits per heavy atom. The van der Waals surface area contributed by atoms with Gasteiger partial charge in [0.15, 0.2) is 0 Å². The van der Waals surface area contributed by atoms with Crippen molar-refractivity contribution in [2.45, 2.75) is 0 Å². The zero-order valence-corrected chi connectivity index (χ0v) is 15.5. The summed E-state index contributed by atoms with van der Waals surface area (Å²) >= 11 is 0. The van der Waals surface area contributed by atoms with Crippen molar-refractivity contribution >= 4 is 27.6 Å². The molecule has 0 N–H and O–H groups in total. The first-order chi connectivity index (χ1) is 12.4. The van der Waals surface area contributed by atoms with Gasteiger partial charge >= 0.3 is 0 Å². The van der Waals surface area contributed by atoms with Crippen LogP contribution >= 0.6 is 8.58 Å². The lowest BCUT2D eigenvalue weighted by molar-refractivity contribution is 1.63. The first-order valence-electron chi connectivity index (χ1n) is 8.46. The molecular formula is C24H19BP. The highest BCUT2D eigenvalue weighted by molar-refractivity contribution is 7.55. The maximum atomic E-state index is 2.24. The summed E-state index contributed by atoms with van der Waals surface area (Å²) in [5, 5.41) is 2.74. The molecule has 0 fully saturated rings. The second kappa shape index (κ2) is 8.65. The van der Waals surface area contributed by atoms with E-state index < -0.39 is 0 Å². The molecule has 0 aliphatic carbocycles. The van der Waals surface area contributed by atoms with Crippen LogP contribution in [0.25, 0.3) is 22.3 Å². The van der Waals surface area contributed by atoms with Gasteiger partial charge in [-0.2, -0.15) is 0 Å². The molecule has 0 bridgehead atoms. The molecule has 2 heteroatoms. The molecule has 0 aromatic heterocycles. The summed E-state index contributed by atoms with van der Waals surface area (Å²) in [4.78, 5) is 0. The van der Waals surface area contributed by atoms with E-state index in [1.807, 2.05) is 0 Å². The highest BCUT2D eigenvalue weighted by Gasteiger charge is 2.01. The van der Waals surface area contributed by atoms with Crippen LogP contribution in [0.3, 0.4) is 0 Å². The Balaban J connectivity index is 0.00000196. The summed E-state index contributed by atoms with van der Waals surface area (Å²) in [5.74, 6) is 0. The van der Waals surface area contributed by atoms with E-state index in [0.717, 1.165) is 0 Å². The van der Waals surface area contributed by atoms with Gasteiger partial charge < -0.3 is 0 Å². The topological polar surface area (TPSA) is 0 Å². The van der Waals surface area contributed by atoms with E-state index in [-0.39, 0.29) is 8.41 Å². The Morgan fingerprint density at radius 1 is 0.346 bits per heavy atom. The van der Waals surface area contributed by atoms with Gasteiger partial charge in [0.25, 0.3) is 0 Å². The Hall–Kier alpha value is -2.63. The normalized spacial score (nSPS) is 10.2. The van der Waals surface area contributed by atoms with E-state index >= 15 is 0 Å². The Bertz CT molecular complexity index is 850. The standard InChI is InChI=1S/C24H19P.B/c1-3-7-19(8-4-1)21-11-15-23(16-12-21)25-24-17-13-22(14-18-24)20-9-5-2-6-10-20;/h1-18,25H;. The molecule has 4 rings (SSSR count). The highest BCUT2D eigenvalue weighted by atomic mass is 31.1. The van der Waals surface area contributed by atoms with Crippen molar-refractivity contribution in [2.24, 2.45) is 0 Å². The number of benzene rings is 4. The average molecular weight is 349 g/mol. The minimum Gasteiger partial charge on any atom is -0.0622 e. The van der Waals surface area contributed by atoms with Crippen molar-refractivity contribution < 1.29 is 0 Å². The molecule has 4 aromatic rings. The van der Waals surface area contributed by atoms with Crippen LogP contribution < -0.4 is 10.6 Å². The monoisotopic (exact) mass is 349 g/mol. The van der Waals surface area contributed by atoms with Gasteiger partial charge in [-0.3, -0.25) is 0 Å². The summed E-state index contributed by atoms with van der Waals surface area (Å²) in [7, 11) is 0.685. The van der Waals surface area contributed by atoms with Gasteiger partial charge in [-0.05, 0) is 32.9 Å². The zero-order chi connectivity index (χ0) is 16.9. The Labute approximate surface area is 159 Å². The highest BCUT2D eigenvalue weighted by Crippen LogP contribution is 2.21. The molecule has 0 atom stereocenters. The summed E-state index contributed by atoms with van der Waals surface area (Å²) in [5.41, 5.74) is 5.08. The first kappa shape index (κ1) is 18.2. The molecule has 0 nitrogen and oxygen atoms in total. The minimum absolute atomic E-state index is 0. The van der Waals surface area contributed by atoms with Crippen LogP contribution in [0.4, 0.5) is 0 Å². The molecule has 0 unspecified atom stereocenters. The third kappa shape index (κ3) is 4.31. The maximum Gasteiger partial charge on any atom is 0 e. The third-order valence-corrected chi connectivity index (χ3v) is 5.52. The largest absolute Gasteiger partial charge is 0.0622 e. The molecule has 3 radical (unpaired) electrons. The van der Waals surface area contributed by atoms with Crippen molar-refractivity contribution in [3.05, 3.63) is 109 Å². The zero-order valence-electron chi connectivity index (χ0n) is 14.5. The Kier molecular flexibility index (Phi) is 6.05. The lowest BCUT2D eigenvalue weighted by atomic mass is 10.1. The molecule has 0 spiro atoms. The van der Waals surface area contributed by atoms with Gasteiger partial charge in [-0.1, -0.05) is 118 Å². The molecule has 0 amide bonds. The predicted octanol–water partition coefficient (Wildman–Crippen LogP) is 5.27. The molecule has 0 saturated carbocycles. The number of hydrogen-bond donors (Lipinski definition) is 0. The second-order valence-corrected chi connectivity index (χ2v) is 7.42. The van der Waals surface area contributed by atoms with Crippen LogP contribution in [0.5, 0.6) is 0 Å². The van der Waals surface area contributed by atoms with Gasteiger partial charge in [0.1, 0.15) is 0 Å². The molecule has 0 aliphatic rings. The van der Waals surface area contributed by atoms with Crippen molar-refractivity contribution in [2.75, 3.05) is 0 Å². The molecule has 4 aromatic carbocycles. The van der Waals surface area contributed by atoms with E-state index in [9.17, 15) is 0 Å². The van der Waals surface area contributed by atoms with Crippen molar-refractivity contribution in [1.29, 1.82) is 0 Å². The van der Waals surface area contributed by atoms with Gasteiger partial charge in [-0.25, -0.2) is 0 Å². The molecule has 26 heavy (non-hydrogen) atoms. The summed E-state index contributed by atoms with van der Waals surface area (Å²) in [6.07, 6.45) is 0. The third-order valence-electron chi connectivity index (χ3n) is 4.27. The van der Waals surface area contributed by atoms with E-state index in [2.05, 4.69) is 109 Å². The molecule has 0 saturated heterocycles. The molecule has 123 valence electrons. The van der Waals surface area contributed by atoms with Crippen LogP contribution in [-0.2, 0) is 0 Å². The fraction of sp³-hybridized carbons (Fsp3) is 0. The average Bonchev–Trinajstić information content (AvgIpc) is 2.71. The maximum absolute atomic E-state index is 2.24. The lowest BCUT2D eigenvalue weighted by Gasteiger charge is -2.07. The lowest BCUT2D eigenvalue weighted by Crippen LogP contribution is -2.02. The second-order valence-electron chi connectivity index (χ2n) is 6.01. The number of rotatable bonds is 4. The quantitative estimate of drug-likeness (QED) is 0.348. The molecule has 0 aliphatic heterocycles. The van der Waals surface area contributed by atoms with Crippen molar-refractivity contribution in [3.63, 3.8) is 0 Å². The Morgan fingerprint density at radius 2 is 0.654 bits per heavy atom. The molecule has 0 heterocycles. The fourth-order valence-corrected chi connectivity index (χ4v) is 3.92. The van der Waals surface area contributed by atoms with E-state index in [0.29, 0.717) is 8.58 Å². The van der Waals surface area contributed by atoms with Gasteiger partial charge in [0, 0.05) is 8.41 Å². The predicted molar refractivity (Wildman–Crippen MR) is 117 cm³/mol. The van der Waals surface area contributed by atoms with Gasteiger partial charge in [0.2, 0.25) is 0 Å². The van der Waals surface area contributed by atoms with E-state index in [1.165, 1.54) is 32.9 Å². The van der Waals surface area contributed by atoms with Gasteiger partial charge in [0.05, 0.1) is 0 Å². The number of hydrogen-bond acceptors (Lipinski definition) is 0.